The van der Waals surface area contributed by atoms with Crippen molar-refractivity contribution in [1.82, 2.24) is 0 Å². The molecule has 0 radical (unpaired) electrons. The van der Waals surface area contributed by atoms with E-state index in [0.29, 0.717) is 11.1 Å². The molecule has 4 aromatic carbocycles. The zero-order valence-electron chi connectivity index (χ0n) is 15.1. The van der Waals surface area contributed by atoms with Gasteiger partial charge in [0.2, 0.25) is 0 Å². The Kier molecular flexibility index (Phi) is 8.54. The summed E-state index contributed by atoms with van der Waals surface area (Å²) in [6.07, 6.45) is 0. The van der Waals surface area contributed by atoms with Crippen molar-refractivity contribution < 1.29 is 39.3 Å². The molecular weight excluding hydrogens is 647 g/mol. The second-order valence-corrected chi connectivity index (χ2v) is 8.29. The Labute approximate surface area is 207 Å². The monoisotopic (exact) mass is 660 g/mol. The minimum atomic E-state index is -0.875. The molecule has 0 spiro atoms. The van der Waals surface area contributed by atoms with E-state index in [2.05, 4.69) is 0 Å². The zero-order chi connectivity index (χ0) is 20.3. The molecule has 0 aliphatic carbocycles. The van der Waals surface area contributed by atoms with E-state index in [9.17, 15) is 9.59 Å². The number of benzene rings is 4. The summed E-state index contributed by atoms with van der Waals surface area (Å²) in [5, 5.41) is 21.9. The van der Waals surface area contributed by atoms with E-state index in [1.54, 1.807) is 12.1 Å². The predicted molar refractivity (Wildman–Crippen MR) is 127 cm³/mol. The van der Waals surface area contributed by atoms with Gasteiger partial charge < -0.3 is 10.2 Å². The first kappa shape index (κ1) is 23.7. The summed E-state index contributed by atoms with van der Waals surface area (Å²) in [5.41, 5.74) is 0.730. The van der Waals surface area contributed by atoms with E-state index < -0.39 is 11.9 Å². The van der Waals surface area contributed by atoms with Gasteiger partial charge in [-0.25, -0.2) is 9.59 Å². The van der Waals surface area contributed by atoms with Crippen LogP contribution in [0.25, 0.3) is 21.5 Å². The second kappa shape index (κ2) is 10.5. The van der Waals surface area contributed by atoms with Gasteiger partial charge in [0.15, 0.2) is 0 Å². The maximum absolute atomic E-state index is 10.9. The molecule has 0 aliphatic heterocycles. The molecule has 4 nitrogen and oxygen atoms in total. The van der Waals surface area contributed by atoms with E-state index in [0.717, 1.165) is 28.7 Å². The molecule has 29 heavy (non-hydrogen) atoms. The zero-order valence-corrected chi connectivity index (χ0v) is 22.4. The molecule has 4 aromatic rings. The van der Waals surface area contributed by atoms with Crippen molar-refractivity contribution in [2.45, 2.75) is 0 Å². The Morgan fingerprint density at radius 2 is 0.862 bits per heavy atom. The van der Waals surface area contributed by atoms with Crippen LogP contribution in [0.4, 0.5) is 0 Å². The average molecular weight is 662 g/mol. The summed E-state index contributed by atoms with van der Waals surface area (Å²) in [6, 6.07) is 22.7. The van der Waals surface area contributed by atoms with Crippen LogP contribution >= 0.6 is 45.2 Å². The molecule has 0 aromatic heterocycles. The van der Waals surface area contributed by atoms with E-state index in [1.165, 1.54) is 0 Å². The number of hydrogen-bond donors (Lipinski definition) is 2. The molecule has 0 fully saturated rings. The third kappa shape index (κ3) is 5.74. The van der Waals surface area contributed by atoms with Crippen molar-refractivity contribution in [1.29, 1.82) is 0 Å². The van der Waals surface area contributed by atoms with Crippen molar-refractivity contribution in [2.75, 3.05) is 0 Å². The smallest absolute Gasteiger partial charge is 0.336 e. The number of carboxylic acid groups (broad SMARTS) is 2. The largest absolute Gasteiger partial charge is 0.478 e. The summed E-state index contributed by atoms with van der Waals surface area (Å²) in [7, 11) is 0. The number of rotatable bonds is 2. The van der Waals surface area contributed by atoms with Crippen LogP contribution < -0.4 is 0 Å². The molecule has 142 valence electrons. The van der Waals surface area contributed by atoms with Crippen molar-refractivity contribution >= 4 is 78.7 Å². The van der Waals surface area contributed by atoms with E-state index in [1.807, 2.05) is 106 Å². The van der Waals surface area contributed by atoms with Crippen molar-refractivity contribution in [3.63, 3.8) is 0 Å². The molecule has 7 heteroatoms. The molecule has 0 aliphatic rings. The Balaban J connectivity index is 0.000000200. The number of carboxylic acids is 2. The molecule has 0 heterocycles. The number of carbonyl (C=O) groups is 2. The maximum Gasteiger partial charge on any atom is 0.336 e. The molecule has 0 unspecified atom stereocenters. The van der Waals surface area contributed by atoms with Gasteiger partial charge in [-0.05, 0) is 91.0 Å². The van der Waals surface area contributed by atoms with Gasteiger partial charge in [0.25, 0.3) is 0 Å². The summed E-state index contributed by atoms with van der Waals surface area (Å²) < 4.78 is 1.54. The van der Waals surface area contributed by atoms with Crippen LogP contribution in [0.3, 0.4) is 0 Å². The molecule has 0 atom stereocenters. The van der Waals surface area contributed by atoms with Crippen molar-refractivity contribution in [3.8, 4) is 0 Å². The molecule has 2 N–H and O–H groups in total. The van der Waals surface area contributed by atoms with E-state index in [4.69, 9.17) is 10.2 Å². The van der Waals surface area contributed by atoms with Gasteiger partial charge in [0.1, 0.15) is 0 Å². The summed E-state index contributed by atoms with van der Waals surface area (Å²) >= 11 is 4.09. The SMILES string of the molecule is O=C(O)c1cc2ccccc2cc1I.O=C(O)c1cc2ccccc2cc1I.[Zn]. The van der Waals surface area contributed by atoms with Gasteiger partial charge in [-0.3, -0.25) is 0 Å². The first-order valence-electron chi connectivity index (χ1n) is 8.20. The number of fused-ring (bicyclic) bond motifs is 2. The molecule has 0 saturated heterocycles. The first-order chi connectivity index (χ1) is 13.4. The fourth-order valence-electron chi connectivity index (χ4n) is 2.75. The topological polar surface area (TPSA) is 74.6 Å². The Bertz CT molecular complexity index is 1110. The minimum absolute atomic E-state index is 0. The first-order valence-corrected chi connectivity index (χ1v) is 10.4. The van der Waals surface area contributed by atoms with Crippen LogP contribution in [-0.2, 0) is 19.5 Å². The minimum Gasteiger partial charge on any atom is -0.478 e. The molecule has 4 rings (SSSR count). The van der Waals surface area contributed by atoms with Crippen molar-refractivity contribution in [3.05, 3.63) is 91.1 Å². The van der Waals surface area contributed by atoms with Gasteiger partial charge in [0.05, 0.1) is 11.1 Å². The summed E-state index contributed by atoms with van der Waals surface area (Å²) in [5.74, 6) is -1.75. The quantitative estimate of drug-likeness (QED) is 0.196. The number of aromatic carboxylic acids is 2. The van der Waals surface area contributed by atoms with E-state index in [-0.39, 0.29) is 19.5 Å². The standard InChI is InChI=1S/2C11H7IO2.Zn/c2*12-10-6-8-4-2-1-3-7(8)5-9(10)11(13)14;/h2*1-6H,(H,13,14);. The van der Waals surface area contributed by atoms with Crippen LogP contribution in [0, 0.1) is 7.14 Å². The summed E-state index contributed by atoms with van der Waals surface area (Å²) in [6.45, 7) is 0. The molecular formula is C22H14I2O4Zn. The van der Waals surface area contributed by atoms with Crippen LogP contribution in [0.5, 0.6) is 0 Å². The molecule has 0 saturated carbocycles. The Morgan fingerprint density at radius 3 is 1.14 bits per heavy atom. The van der Waals surface area contributed by atoms with Gasteiger partial charge in [-0.15, -0.1) is 0 Å². The van der Waals surface area contributed by atoms with Gasteiger partial charge in [-0.1, -0.05) is 48.5 Å². The number of hydrogen-bond acceptors (Lipinski definition) is 2. The van der Waals surface area contributed by atoms with Gasteiger partial charge >= 0.3 is 11.9 Å². The van der Waals surface area contributed by atoms with E-state index >= 15 is 0 Å². The maximum atomic E-state index is 10.9. The Morgan fingerprint density at radius 1 is 0.586 bits per heavy atom. The second-order valence-electron chi connectivity index (χ2n) is 5.97. The average Bonchev–Trinajstić information content (AvgIpc) is 2.67. The molecule has 0 bridgehead atoms. The van der Waals surface area contributed by atoms with Crippen LogP contribution in [-0.4, -0.2) is 22.2 Å². The van der Waals surface area contributed by atoms with Crippen LogP contribution in [0.15, 0.2) is 72.8 Å². The fourth-order valence-corrected chi connectivity index (χ4v) is 4.20. The predicted octanol–water partition coefficient (Wildman–Crippen LogP) is 6.28. The van der Waals surface area contributed by atoms with Crippen LogP contribution in [0.2, 0.25) is 0 Å². The summed E-state index contributed by atoms with van der Waals surface area (Å²) in [4.78, 5) is 21.7. The van der Waals surface area contributed by atoms with Crippen molar-refractivity contribution in [2.24, 2.45) is 0 Å². The number of halogens is 2. The van der Waals surface area contributed by atoms with Gasteiger partial charge in [-0.2, -0.15) is 0 Å². The molecule has 0 amide bonds. The fraction of sp³-hybridized carbons (Fsp3) is 0. The Hall–Kier alpha value is -1.58. The normalized spacial score (nSPS) is 10.0. The third-order valence-electron chi connectivity index (χ3n) is 4.13. The van der Waals surface area contributed by atoms with Gasteiger partial charge in [0, 0.05) is 26.6 Å². The van der Waals surface area contributed by atoms with Crippen LogP contribution in [0.1, 0.15) is 20.7 Å². The third-order valence-corrected chi connectivity index (χ3v) is 5.92.